The van der Waals surface area contributed by atoms with Gasteiger partial charge in [0.2, 0.25) is 0 Å². The Labute approximate surface area is 83.1 Å². The van der Waals surface area contributed by atoms with Crippen molar-refractivity contribution in [1.29, 1.82) is 0 Å². The molecule has 0 aromatic carbocycles. The first-order chi connectivity index (χ1) is 6.47. The number of hydrogen-bond donors (Lipinski definition) is 2. The highest BCUT2D eigenvalue weighted by Crippen LogP contribution is 2.10. The van der Waals surface area contributed by atoms with Crippen LogP contribution >= 0.6 is 0 Å². The Morgan fingerprint density at radius 2 is 2.14 bits per heavy atom. The minimum Gasteiger partial charge on any atom is -0.480 e. The van der Waals surface area contributed by atoms with E-state index in [1.807, 2.05) is 6.92 Å². The fourth-order valence-corrected chi connectivity index (χ4v) is 0.933. The van der Waals surface area contributed by atoms with E-state index < -0.39 is 12.0 Å². The maximum Gasteiger partial charge on any atom is 0.320 e. The van der Waals surface area contributed by atoms with Crippen molar-refractivity contribution in [3.05, 3.63) is 23.6 Å². The molecule has 0 saturated heterocycles. The predicted molar refractivity (Wildman–Crippen MR) is 53.5 cm³/mol. The first-order valence-electron chi connectivity index (χ1n) is 4.47. The summed E-state index contributed by atoms with van der Waals surface area (Å²) in [5.41, 5.74) is 6.17. The molecule has 0 spiro atoms. The standard InChI is InChI=1S/C10H16FNO2/c1-3-8(5-4-7(2)11)6-9(12)10(13)14/h4-5,9H,3,6,12H2,1-2H3,(H,13,14)/b7-4+,8-5+. The molecule has 1 unspecified atom stereocenters. The molecule has 0 aromatic rings. The molecule has 3 nitrogen and oxygen atoms in total. The highest BCUT2D eigenvalue weighted by Gasteiger charge is 2.12. The van der Waals surface area contributed by atoms with Crippen LogP contribution in [-0.2, 0) is 4.79 Å². The Morgan fingerprint density at radius 1 is 1.57 bits per heavy atom. The van der Waals surface area contributed by atoms with Gasteiger partial charge in [-0.25, -0.2) is 4.39 Å². The highest BCUT2D eigenvalue weighted by atomic mass is 19.1. The summed E-state index contributed by atoms with van der Waals surface area (Å²) < 4.78 is 12.4. The van der Waals surface area contributed by atoms with Crippen molar-refractivity contribution in [2.45, 2.75) is 32.7 Å². The number of rotatable bonds is 5. The van der Waals surface area contributed by atoms with E-state index >= 15 is 0 Å². The molecule has 0 rings (SSSR count). The topological polar surface area (TPSA) is 63.3 Å². The molecule has 0 radical (unpaired) electrons. The molecule has 3 N–H and O–H groups in total. The molecular formula is C10H16FNO2. The maximum atomic E-state index is 12.4. The Kier molecular flexibility index (Phi) is 5.79. The molecular weight excluding hydrogens is 185 g/mol. The van der Waals surface area contributed by atoms with Crippen LogP contribution in [0, 0.1) is 0 Å². The minimum absolute atomic E-state index is 0.260. The van der Waals surface area contributed by atoms with E-state index in [4.69, 9.17) is 10.8 Å². The average molecular weight is 201 g/mol. The highest BCUT2D eigenvalue weighted by molar-refractivity contribution is 5.73. The summed E-state index contributed by atoms with van der Waals surface area (Å²) in [7, 11) is 0. The van der Waals surface area contributed by atoms with Gasteiger partial charge in [0, 0.05) is 0 Å². The van der Waals surface area contributed by atoms with Crippen molar-refractivity contribution in [1.82, 2.24) is 0 Å². The lowest BCUT2D eigenvalue weighted by molar-refractivity contribution is -0.138. The lowest BCUT2D eigenvalue weighted by Crippen LogP contribution is -2.30. The molecule has 0 aliphatic heterocycles. The number of carboxylic acid groups (broad SMARTS) is 1. The van der Waals surface area contributed by atoms with Crippen LogP contribution in [0.3, 0.4) is 0 Å². The fourth-order valence-electron chi connectivity index (χ4n) is 0.933. The van der Waals surface area contributed by atoms with Crippen molar-refractivity contribution < 1.29 is 14.3 Å². The Morgan fingerprint density at radius 3 is 2.50 bits per heavy atom. The van der Waals surface area contributed by atoms with Gasteiger partial charge in [0.25, 0.3) is 0 Å². The van der Waals surface area contributed by atoms with Gasteiger partial charge >= 0.3 is 5.97 Å². The van der Waals surface area contributed by atoms with Gasteiger partial charge in [-0.3, -0.25) is 4.79 Å². The predicted octanol–water partition coefficient (Wildman–Crippen LogP) is 2.00. The van der Waals surface area contributed by atoms with Crippen LogP contribution in [0.4, 0.5) is 4.39 Å². The number of allylic oxidation sites excluding steroid dienone is 3. The van der Waals surface area contributed by atoms with E-state index in [1.165, 1.54) is 13.0 Å². The van der Waals surface area contributed by atoms with E-state index in [1.54, 1.807) is 6.08 Å². The summed E-state index contributed by atoms with van der Waals surface area (Å²) in [5.74, 6) is -1.34. The lowest BCUT2D eigenvalue weighted by Gasteiger charge is -2.07. The molecule has 0 bridgehead atoms. The summed E-state index contributed by atoms with van der Waals surface area (Å²) in [6.45, 7) is 3.21. The van der Waals surface area contributed by atoms with Gasteiger partial charge in [-0.05, 0) is 25.8 Å². The van der Waals surface area contributed by atoms with Crippen LogP contribution in [0.1, 0.15) is 26.7 Å². The summed E-state index contributed by atoms with van der Waals surface area (Å²) in [4.78, 5) is 10.4. The van der Waals surface area contributed by atoms with Gasteiger partial charge in [-0.15, -0.1) is 0 Å². The van der Waals surface area contributed by atoms with Gasteiger partial charge < -0.3 is 10.8 Å². The van der Waals surface area contributed by atoms with Gasteiger partial charge in [-0.1, -0.05) is 18.6 Å². The quantitative estimate of drug-likeness (QED) is 0.669. The van der Waals surface area contributed by atoms with Crippen molar-refractivity contribution >= 4 is 5.97 Å². The van der Waals surface area contributed by atoms with Gasteiger partial charge in [0.15, 0.2) is 0 Å². The number of hydrogen-bond acceptors (Lipinski definition) is 2. The summed E-state index contributed by atoms with van der Waals surface area (Å²) in [5, 5.41) is 8.56. The van der Waals surface area contributed by atoms with Crippen LogP contribution in [0.5, 0.6) is 0 Å². The molecule has 14 heavy (non-hydrogen) atoms. The normalized spacial score (nSPS) is 15.4. The van der Waals surface area contributed by atoms with Gasteiger partial charge in [0.1, 0.15) is 6.04 Å². The Bertz CT molecular complexity index is 255. The molecule has 4 heteroatoms. The Hall–Kier alpha value is -1.16. The molecule has 0 heterocycles. The van der Waals surface area contributed by atoms with Crippen molar-refractivity contribution in [3.63, 3.8) is 0 Å². The molecule has 0 amide bonds. The van der Waals surface area contributed by atoms with Crippen LogP contribution in [-0.4, -0.2) is 17.1 Å². The third-order valence-electron chi connectivity index (χ3n) is 1.80. The monoisotopic (exact) mass is 201 g/mol. The third kappa shape index (κ3) is 5.48. The van der Waals surface area contributed by atoms with Crippen molar-refractivity contribution in [2.75, 3.05) is 0 Å². The molecule has 0 fully saturated rings. The molecule has 0 aliphatic carbocycles. The number of halogens is 1. The summed E-state index contributed by atoms with van der Waals surface area (Å²) >= 11 is 0. The van der Waals surface area contributed by atoms with E-state index in [-0.39, 0.29) is 12.2 Å². The zero-order valence-corrected chi connectivity index (χ0v) is 8.46. The minimum atomic E-state index is -1.04. The van der Waals surface area contributed by atoms with Crippen molar-refractivity contribution in [3.8, 4) is 0 Å². The second kappa shape index (κ2) is 6.32. The second-order valence-electron chi connectivity index (χ2n) is 3.08. The Balaban J connectivity index is 4.36. The zero-order chi connectivity index (χ0) is 11.1. The number of carbonyl (C=O) groups is 1. The summed E-state index contributed by atoms with van der Waals surface area (Å²) in [6, 6.07) is -0.908. The van der Waals surface area contributed by atoms with Crippen LogP contribution in [0.15, 0.2) is 23.6 Å². The molecule has 0 aromatic heterocycles. The fraction of sp³-hybridized carbons (Fsp3) is 0.500. The summed E-state index contributed by atoms with van der Waals surface area (Å²) in [6.07, 6.45) is 3.83. The first kappa shape index (κ1) is 12.8. The number of carboxylic acids is 1. The van der Waals surface area contributed by atoms with Gasteiger partial charge in [0.05, 0.1) is 5.83 Å². The molecule has 0 saturated carbocycles. The van der Waals surface area contributed by atoms with E-state index in [0.29, 0.717) is 6.42 Å². The zero-order valence-electron chi connectivity index (χ0n) is 8.46. The van der Waals surface area contributed by atoms with E-state index in [0.717, 1.165) is 5.57 Å². The van der Waals surface area contributed by atoms with Gasteiger partial charge in [-0.2, -0.15) is 0 Å². The number of nitrogens with two attached hydrogens (primary N) is 1. The largest absolute Gasteiger partial charge is 0.480 e. The van der Waals surface area contributed by atoms with E-state index in [9.17, 15) is 9.18 Å². The van der Waals surface area contributed by atoms with Crippen LogP contribution in [0.25, 0.3) is 0 Å². The number of aliphatic carboxylic acids is 1. The van der Waals surface area contributed by atoms with E-state index in [2.05, 4.69) is 0 Å². The molecule has 80 valence electrons. The molecule has 0 aliphatic rings. The van der Waals surface area contributed by atoms with Crippen LogP contribution < -0.4 is 5.73 Å². The van der Waals surface area contributed by atoms with Crippen LogP contribution in [0.2, 0.25) is 0 Å². The third-order valence-corrected chi connectivity index (χ3v) is 1.80. The molecule has 1 atom stereocenters. The lowest BCUT2D eigenvalue weighted by atomic mass is 10.0. The average Bonchev–Trinajstić information content (AvgIpc) is 2.11. The maximum absolute atomic E-state index is 12.4. The smallest absolute Gasteiger partial charge is 0.320 e. The van der Waals surface area contributed by atoms with Crippen molar-refractivity contribution in [2.24, 2.45) is 5.73 Å². The first-order valence-corrected chi connectivity index (χ1v) is 4.47. The second-order valence-corrected chi connectivity index (χ2v) is 3.08. The SMILES string of the molecule is CC/C(=C\C=C(/C)F)CC(N)C(=O)O.